The Balaban J connectivity index is 1.46. The lowest BCUT2D eigenvalue weighted by Gasteiger charge is -2.14. The number of aromatic nitrogens is 4. The molecule has 4 aromatic carbocycles. The van der Waals surface area contributed by atoms with Crippen LogP contribution in [0.2, 0.25) is 0 Å². The Labute approximate surface area is 222 Å². The van der Waals surface area contributed by atoms with Crippen LogP contribution in [0, 0.1) is 0 Å². The van der Waals surface area contributed by atoms with E-state index >= 15 is 0 Å². The Hall–Kier alpha value is -5.42. The van der Waals surface area contributed by atoms with Crippen molar-refractivity contribution in [3.8, 4) is 11.4 Å². The third-order valence-electron chi connectivity index (χ3n) is 7.84. The molecule has 5 heteroatoms. The number of rotatable bonds is 2. The van der Waals surface area contributed by atoms with Gasteiger partial charge in [0, 0.05) is 33.1 Å². The summed E-state index contributed by atoms with van der Waals surface area (Å²) in [5, 5.41) is 6.81. The van der Waals surface area contributed by atoms with E-state index in [-0.39, 0.29) is 0 Å². The van der Waals surface area contributed by atoms with Crippen LogP contribution in [-0.2, 0) is 0 Å². The van der Waals surface area contributed by atoms with Gasteiger partial charge in [-0.2, -0.15) is 0 Å². The van der Waals surface area contributed by atoms with Gasteiger partial charge in [0.05, 0.1) is 45.0 Å². The van der Waals surface area contributed by atoms with Crippen molar-refractivity contribution in [1.29, 1.82) is 0 Å². The molecule has 0 radical (unpaired) electrons. The minimum Gasteiger partial charge on any atom is -0.419 e. The Kier molecular flexibility index (Phi) is 3.99. The van der Waals surface area contributed by atoms with Crippen LogP contribution in [0.25, 0.3) is 77.2 Å². The smallest absolute Gasteiger partial charge is 0.229 e. The zero-order valence-electron chi connectivity index (χ0n) is 20.7. The molecule has 9 rings (SSSR count). The maximum atomic E-state index is 5.94. The van der Waals surface area contributed by atoms with Gasteiger partial charge in [-0.15, -0.1) is 0 Å². The van der Waals surface area contributed by atoms with Crippen LogP contribution >= 0.6 is 0 Å². The van der Waals surface area contributed by atoms with Gasteiger partial charge in [-0.1, -0.05) is 66.7 Å². The van der Waals surface area contributed by atoms with Crippen molar-refractivity contribution in [2.45, 2.75) is 0 Å². The zero-order valence-corrected chi connectivity index (χ0v) is 20.7. The highest BCUT2D eigenvalue weighted by molar-refractivity contribution is 6.15. The van der Waals surface area contributed by atoms with Gasteiger partial charge in [0.1, 0.15) is 0 Å². The Bertz CT molecular complexity index is 2350. The summed E-state index contributed by atoms with van der Waals surface area (Å²) in [6.07, 6.45) is 3.65. The monoisotopic (exact) mass is 500 g/mol. The van der Waals surface area contributed by atoms with Crippen LogP contribution < -0.4 is 0 Å². The predicted octanol–water partition coefficient (Wildman–Crippen LogP) is 8.57. The van der Waals surface area contributed by atoms with Crippen LogP contribution in [-0.4, -0.2) is 19.1 Å². The van der Waals surface area contributed by atoms with Gasteiger partial charge in [-0.3, -0.25) is 0 Å². The van der Waals surface area contributed by atoms with E-state index in [1.54, 1.807) is 6.20 Å². The lowest BCUT2D eigenvalue weighted by Crippen LogP contribution is -2.01. The van der Waals surface area contributed by atoms with Gasteiger partial charge in [-0.05, 0) is 42.5 Å². The average molecular weight is 501 g/mol. The Morgan fingerprint density at radius 1 is 0.487 bits per heavy atom. The molecule has 0 aliphatic carbocycles. The van der Waals surface area contributed by atoms with Gasteiger partial charge in [0.25, 0.3) is 0 Å². The summed E-state index contributed by atoms with van der Waals surface area (Å²) in [5.74, 6) is 0. The first kappa shape index (κ1) is 20.6. The van der Waals surface area contributed by atoms with E-state index in [0.717, 1.165) is 33.2 Å². The van der Waals surface area contributed by atoms with Gasteiger partial charge in [0.15, 0.2) is 0 Å². The minimum absolute atomic E-state index is 0.593. The lowest BCUT2D eigenvalue weighted by atomic mass is 10.1. The first-order valence-corrected chi connectivity index (χ1v) is 13.0. The quantitative estimate of drug-likeness (QED) is 0.239. The molecule has 0 aliphatic rings. The van der Waals surface area contributed by atoms with Gasteiger partial charge < -0.3 is 13.6 Å². The third-order valence-corrected chi connectivity index (χ3v) is 7.84. The SMILES string of the molecule is c1cnc2oc3ncc(-n4c5ccccc5c5cccc(-n6c7ccccc7c7ccccc76)c54)cc3c2c1. The first-order chi connectivity index (χ1) is 19.4. The Morgan fingerprint density at radius 2 is 1.08 bits per heavy atom. The molecule has 0 fully saturated rings. The van der Waals surface area contributed by atoms with Crippen molar-refractivity contribution in [1.82, 2.24) is 19.1 Å². The van der Waals surface area contributed by atoms with Crippen LogP contribution in [0.1, 0.15) is 0 Å². The first-order valence-electron chi connectivity index (χ1n) is 13.0. The van der Waals surface area contributed by atoms with Crippen molar-refractivity contribution in [3.05, 3.63) is 122 Å². The number of fused-ring (bicyclic) bond motifs is 9. The van der Waals surface area contributed by atoms with E-state index in [4.69, 9.17) is 9.40 Å². The summed E-state index contributed by atoms with van der Waals surface area (Å²) < 4.78 is 10.7. The molecule has 0 atom stereocenters. The molecule has 9 aromatic rings. The molecule has 5 nitrogen and oxygen atoms in total. The number of pyridine rings is 2. The summed E-state index contributed by atoms with van der Waals surface area (Å²) in [5.41, 5.74) is 7.94. The fourth-order valence-electron chi connectivity index (χ4n) is 6.24. The third kappa shape index (κ3) is 2.73. The second-order valence-corrected chi connectivity index (χ2v) is 9.90. The maximum absolute atomic E-state index is 5.94. The van der Waals surface area contributed by atoms with Crippen LogP contribution in [0.4, 0.5) is 0 Å². The number of furan rings is 1. The summed E-state index contributed by atoms with van der Waals surface area (Å²) in [6, 6.07) is 38.6. The number of benzene rings is 4. The molecule has 0 amide bonds. The standard InChI is InChI=1S/C34H20N4O/c1-5-15-29-22(9-1)23-10-2-6-16-30(23)38(29)31-17-7-12-25-24-11-3-4-14-28(24)37(32(25)31)21-19-27-26-13-8-18-35-33(26)39-34(27)36-20-21/h1-20H. The topological polar surface area (TPSA) is 48.8 Å². The molecule has 0 N–H and O–H groups in total. The molecule has 0 saturated carbocycles. The van der Waals surface area contributed by atoms with Gasteiger partial charge in [0.2, 0.25) is 11.4 Å². The highest BCUT2D eigenvalue weighted by atomic mass is 16.3. The van der Waals surface area contributed by atoms with E-state index in [2.05, 4.69) is 111 Å². The molecule has 0 unspecified atom stereocenters. The number of para-hydroxylation sites is 4. The van der Waals surface area contributed by atoms with Crippen LogP contribution in [0.5, 0.6) is 0 Å². The van der Waals surface area contributed by atoms with Crippen LogP contribution in [0.3, 0.4) is 0 Å². The van der Waals surface area contributed by atoms with E-state index in [1.165, 1.54) is 32.6 Å². The van der Waals surface area contributed by atoms with Crippen molar-refractivity contribution in [2.75, 3.05) is 0 Å². The number of hydrogen-bond donors (Lipinski definition) is 0. The summed E-state index contributed by atoms with van der Waals surface area (Å²) in [7, 11) is 0. The molecule has 5 aromatic heterocycles. The fourth-order valence-corrected chi connectivity index (χ4v) is 6.24. The fraction of sp³-hybridized carbons (Fsp3) is 0. The number of nitrogens with zero attached hydrogens (tertiary/aromatic N) is 4. The Morgan fingerprint density at radius 3 is 1.82 bits per heavy atom. The second-order valence-electron chi connectivity index (χ2n) is 9.90. The molecule has 0 aliphatic heterocycles. The van der Waals surface area contributed by atoms with E-state index in [0.29, 0.717) is 11.4 Å². The van der Waals surface area contributed by atoms with Crippen molar-refractivity contribution < 1.29 is 4.42 Å². The summed E-state index contributed by atoms with van der Waals surface area (Å²) in [6.45, 7) is 0. The molecule has 0 saturated heterocycles. The van der Waals surface area contributed by atoms with Crippen LogP contribution in [0.15, 0.2) is 126 Å². The average Bonchev–Trinajstić information content (AvgIpc) is 3.65. The van der Waals surface area contributed by atoms with Gasteiger partial charge in [-0.25, -0.2) is 9.97 Å². The normalized spacial score (nSPS) is 12.1. The summed E-state index contributed by atoms with van der Waals surface area (Å²) >= 11 is 0. The highest BCUT2D eigenvalue weighted by Gasteiger charge is 2.20. The molecule has 182 valence electrons. The molecule has 39 heavy (non-hydrogen) atoms. The molecule has 5 heterocycles. The zero-order chi connectivity index (χ0) is 25.5. The molecular formula is C34H20N4O. The maximum Gasteiger partial charge on any atom is 0.229 e. The largest absolute Gasteiger partial charge is 0.419 e. The molecular weight excluding hydrogens is 480 g/mol. The molecule has 0 bridgehead atoms. The second kappa shape index (κ2) is 7.55. The highest BCUT2D eigenvalue weighted by Crippen LogP contribution is 2.40. The van der Waals surface area contributed by atoms with Crippen molar-refractivity contribution >= 4 is 65.8 Å². The van der Waals surface area contributed by atoms with Crippen molar-refractivity contribution in [2.24, 2.45) is 0 Å². The van der Waals surface area contributed by atoms with E-state index in [9.17, 15) is 0 Å². The number of hydrogen-bond acceptors (Lipinski definition) is 3. The van der Waals surface area contributed by atoms with E-state index in [1.807, 2.05) is 18.3 Å². The minimum atomic E-state index is 0.593. The van der Waals surface area contributed by atoms with Crippen molar-refractivity contribution in [3.63, 3.8) is 0 Å². The van der Waals surface area contributed by atoms with Gasteiger partial charge >= 0.3 is 0 Å². The predicted molar refractivity (Wildman–Crippen MR) is 158 cm³/mol. The summed E-state index contributed by atoms with van der Waals surface area (Å²) in [4.78, 5) is 9.15. The molecule has 0 spiro atoms. The van der Waals surface area contributed by atoms with E-state index < -0.39 is 0 Å². The lowest BCUT2D eigenvalue weighted by molar-refractivity contribution is 0.640.